The molecule has 2 aromatic rings. The zero-order valence-electron chi connectivity index (χ0n) is 16.9. The van der Waals surface area contributed by atoms with Crippen LogP contribution in [0, 0.1) is 0 Å². The van der Waals surface area contributed by atoms with Gasteiger partial charge in [-0.25, -0.2) is 0 Å². The number of fused-ring (bicyclic) bond motifs is 1. The maximum absolute atomic E-state index is 8.32. The highest BCUT2D eigenvalue weighted by molar-refractivity contribution is 6.65. The monoisotopic (exact) mass is 275 g/mol. The van der Waals surface area contributed by atoms with Crippen LogP contribution in [0.4, 0.5) is 5.69 Å². The van der Waals surface area contributed by atoms with Crippen LogP contribution >= 0.6 is 0 Å². The fourth-order valence-electron chi connectivity index (χ4n) is 2.07. The molecule has 1 fully saturated rings. The van der Waals surface area contributed by atoms with E-state index >= 15 is 0 Å². The predicted molar refractivity (Wildman–Crippen MR) is 81.9 cm³/mol. The first-order chi connectivity index (χ1) is 11.4. The quantitative estimate of drug-likeness (QED) is 0.639. The Hall–Kier alpha value is -1.59. The standard InChI is InChI=1S/C15H19BN2O2/c1-14(2)15(3,4)20-16(19-14)11-7-8-12(17)13-10(11)6-5-9-18-13/h5-9H,17H2,1-4H3/i5D,6D,7D,8D,9D. The lowest BCUT2D eigenvalue weighted by Crippen LogP contribution is -2.41. The summed E-state index contributed by atoms with van der Waals surface area (Å²) in [6.45, 7) is 7.43. The van der Waals surface area contributed by atoms with Crippen LogP contribution in [-0.4, -0.2) is 23.3 Å². The lowest BCUT2D eigenvalue weighted by atomic mass is 9.76. The molecule has 2 heterocycles. The molecule has 1 saturated heterocycles. The van der Waals surface area contributed by atoms with E-state index in [2.05, 4.69) is 4.98 Å². The Balaban J connectivity index is 2.38. The van der Waals surface area contributed by atoms with E-state index in [4.69, 9.17) is 21.9 Å². The van der Waals surface area contributed by atoms with Crippen molar-refractivity contribution in [1.29, 1.82) is 0 Å². The molecule has 5 heteroatoms. The Morgan fingerprint density at radius 1 is 1.15 bits per heavy atom. The molecular weight excluding hydrogens is 251 g/mol. The van der Waals surface area contributed by atoms with E-state index in [1.54, 1.807) is 0 Å². The number of nitrogens with zero attached hydrogens (tertiary/aromatic N) is 1. The zero-order chi connectivity index (χ0) is 18.9. The number of nitrogen functional groups attached to an aromatic ring is 1. The van der Waals surface area contributed by atoms with Crippen molar-refractivity contribution in [3.05, 3.63) is 30.3 Å². The fourth-order valence-corrected chi connectivity index (χ4v) is 2.07. The molecule has 0 atom stereocenters. The van der Waals surface area contributed by atoms with E-state index in [9.17, 15) is 0 Å². The molecule has 3 rings (SSSR count). The van der Waals surface area contributed by atoms with Gasteiger partial charge in [0.15, 0.2) is 0 Å². The minimum absolute atomic E-state index is 0.0525. The summed E-state index contributed by atoms with van der Waals surface area (Å²) in [5, 5.41) is 0.123. The second-order valence-corrected chi connectivity index (χ2v) is 5.86. The van der Waals surface area contributed by atoms with Crippen molar-refractivity contribution in [2.24, 2.45) is 0 Å². The average Bonchev–Trinajstić information content (AvgIpc) is 2.72. The molecule has 0 aliphatic carbocycles. The van der Waals surface area contributed by atoms with E-state index in [1.807, 2.05) is 27.7 Å². The van der Waals surface area contributed by atoms with E-state index in [-0.39, 0.29) is 46.2 Å². The third kappa shape index (κ3) is 1.89. The molecule has 104 valence electrons. The lowest BCUT2D eigenvalue weighted by molar-refractivity contribution is 0.00578. The molecule has 2 N–H and O–H groups in total. The van der Waals surface area contributed by atoms with Crippen LogP contribution in [0.1, 0.15) is 34.5 Å². The van der Waals surface area contributed by atoms with Gasteiger partial charge in [0.2, 0.25) is 0 Å². The highest BCUT2D eigenvalue weighted by Crippen LogP contribution is 2.37. The van der Waals surface area contributed by atoms with Gasteiger partial charge < -0.3 is 15.0 Å². The molecule has 4 nitrogen and oxygen atoms in total. The van der Waals surface area contributed by atoms with Gasteiger partial charge in [-0.1, -0.05) is 12.1 Å². The third-order valence-electron chi connectivity index (χ3n) is 3.99. The maximum Gasteiger partial charge on any atom is 0.495 e. The predicted octanol–water partition coefficient (Wildman–Crippen LogP) is 2.12. The number of rotatable bonds is 1. The summed E-state index contributed by atoms with van der Waals surface area (Å²) in [4.78, 5) is 3.96. The van der Waals surface area contributed by atoms with Crippen molar-refractivity contribution < 1.29 is 16.2 Å². The molecule has 0 amide bonds. The molecule has 1 aromatic heterocycles. The van der Waals surface area contributed by atoms with Gasteiger partial charge >= 0.3 is 7.12 Å². The second kappa shape index (κ2) is 4.20. The number of nitrogens with two attached hydrogens (primary N) is 1. The highest BCUT2D eigenvalue weighted by Gasteiger charge is 2.52. The molecule has 0 bridgehead atoms. The van der Waals surface area contributed by atoms with Gasteiger partial charge in [0, 0.05) is 11.6 Å². The van der Waals surface area contributed by atoms with Crippen LogP contribution in [0.3, 0.4) is 0 Å². The normalized spacial score (nSPS) is 24.0. The zero-order valence-corrected chi connectivity index (χ0v) is 11.9. The summed E-state index contributed by atoms with van der Waals surface area (Å²) < 4.78 is 52.2. The van der Waals surface area contributed by atoms with Gasteiger partial charge in [-0.15, -0.1) is 0 Å². The number of hydrogen-bond acceptors (Lipinski definition) is 4. The minimum atomic E-state index is -0.994. The Morgan fingerprint density at radius 2 is 1.80 bits per heavy atom. The summed E-state index contributed by atoms with van der Waals surface area (Å²) in [5.41, 5.74) is 4.67. The summed E-state index contributed by atoms with van der Waals surface area (Å²) in [6, 6.07) is -1.14. The molecule has 0 spiro atoms. The summed E-state index contributed by atoms with van der Waals surface area (Å²) in [7, 11) is -0.994. The first kappa shape index (κ1) is 8.65. The first-order valence-corrected chi connectivity index (χ1v) is 6.40. The Bertz CT molecular complexity index is 888. The van der Waals surface area contributed by atoms with Crippen molar-refractivity contribution >= 4 is 29.2 Å². The van der Waals surface area contributed by atoms with Crippen LogP contribution < -0.4 is 11.2 Å². The molecule has 1 aliphatic heterocycles. The molecule has 0 unspecified atom stereocenters. The smallest absolute Gasteiger partial charge is 0.399 e. The lowest BCUT2D eigenvalue weighted by Gasteiger charge is -2.32. The SMILES string of the molecule is [2H]c1nc2c(N)c([2H])c([2H])c(B3OC(C)(C)C(C)(C)O3)c2c([2H])c1[2H]. The van der Waals surface area contributed by atoms with Crippen molar-refractivity contribution in [1.82, 2.24) is 4.98 Å². The molecule has 1 aromatic carbocycles. The van der Waals surface area contributed by atoms with Gasteiger partial charge in [-0.3, -0.25) is 4.98 Å². The molecule has 0 saturated carbocycles. The van der Waals surface area contributed by atoms with Crippen molar-refractivity contribution in [3.63, 3.8) is 0 Å². The fraction of sp³-hybridized carbons (Fsp3) is 0.400. The Kier molecular flexibility index (Phi) is 1.82. The second-order valence-electron chi connectivity index (χ2n) is 5.86. The van der Waals surface area contributed by atoms with Crippen LogP contribution in [0.15, 0.2) is 30.3 Å². The summed E-state index contributed by atoms with van der Waals surface area (Å²) in [5.74, 6) is 0. The number of anilines is 1. The van der Waals surface area contributed by atoms with E-state index in [0.29, 0.717) is 0 Å². The van der Waals surface area contributed by atoms with Crippen LogP contribution in [0.25, 0.3) is 10.9 Å². The van der Waals surface area contributed by atoms with Gasteiger partial charge in [0.1, 0.15) is 0 Å². The van der Waals surface area contributed by atoms with Crippen molar-refractivity contribution in [2.75, 3.05) is 5.73 Å². The number of aromatic nitrogens is 1. The van der Waals surface area contributed by atoms with E-state index < -0.39 is 24.5 Å². The Morgan fingerprint density at radius 3 is 2.45 bits per heavy atom. The van der Waals surface area contributed by atoms with Gasteiger partial charge in [-0.2, -0.15) is 0 Å². The Labute approximate surface area is 126 Å². The van der Waals surface area contributed by atoms with Crippen LogP contribution in [0.2, 0.25) is 0 Å². The molecular formula is C15H19BN2O2. The topological polar surface area (TPSA) is 57.4 Å². The summed E-state index contributed by atoms with van der Waals surface area (Å²) >= 11 is 0. The molecule has 1 aliphatic rings. The molecule has 20 heavy (non-hydrogen) atoms. The van der Waals surface area contributed by atoms with Crippen molar-refractivity contribution in [2.45, 2.75) is 38.9 Å². The number of hydrogen-bond donors (Lipinski definition) is 1. The van der Waals surface area contributed by atoms with Gasteiger partial charge in [0.25, 0.3) is 0 Å². The number of pyridine rings is 1. The van der Waals surface area contributed by atoms with Gasteiger partial charge in [0.05, 0.1) is 29.3 Å². The average molecular weight is 275 g/mol. The van der Waals surface area contributed by atoms with Crippen LogP contribution in [-0.2, 0) is 9.31 Å². The largest absolute Gasteiger partial charge is 0.495 e. The van der Waals surface area contributed by atoms with E-state index in [1.165, 1.54) is 0 Å². The number of benzene rings is 1. The van der Waals surface area contributed by atoms with Crippen molar-refractivity contribution in [3.8, 4) is 0 Å². The summed E-state index contributed by atoms with van der Waals surface area (Å²) in [6.07, 6.45) is -0.402. The minimum Gasteiger partial charge on any atom is -0.399 e. The van der Waals surface area contributed by atoms with Gasteiger partial charge in [-0.05, 0) is 45.2 Å². The highest BCUT2D eigenvalue weighted by atomic mass is 16.7. The third-order valence-corrected chi connectivity index (χ3v) is 3.99. The first-order valence-electron chi connectivity index (χ1n) is 8.90. The maximum atomic E-state index is 8.32. The van der Waals surface area contributed by atoms with Crippen LogP contribution in [0.5, 0.6) is 0 Å². The molecule has 0 radical (unpaired) electrons. The van der Waals surface area contributed by atoms with E-state index in [0.717, 1.165) is 0 Å².